The summed E-state index contributed by atoms with van der Waals surface area (Å²) >= 11 is 0. The van der Waals surface area contributed by atoms with E-state index in [1.54, 1.807) is 22.9 Å². The van der Waals surface area contributed by atoms with E-state index in [-0.39, 0.29) is 17.4 Å². The summed E-state index contributed by atoms with van der Waals surface area (Å²) in [6.45, 7) is 1.32. The maximum atomic E-state index is 12.2. The van der Waals surface area contributed by atoms with E-state index in [0.29, 0.717) is 18.5 Å². The zero-order valence-electron chi connectivity index (χ0n) is 12.5. The Balaban J connectivity index is 1.39. The minimum absolute atomic E-state index is 0.0205. The van der Waals surface area contributed by atoms with Crippen LogP contribution in [0.5, 0.6) is 0 Å². The lowest BCUT2D eigenvalue weighted by Crippen LogP contribution is -2.30. The third-order valence-corrected chi connectivity index (χ3v) is 5.13. The molecule has 0 aromatic carbocycles. The van der Waals surface area contributed by atoms with Crippen LogP contribution < -0.4 is 10.9 Å². The fourth-order valence-corrected chi connectivity index (χ4v) is 3.76. The Labute approximate surface area is 125 Å². The normalized spacial score (nSPS) is 23.0. The van der Waals surface area contributed by atoms with Crippen LogP contribution in [0.3, 0.4) is 0 Å². The zero-order valence-corrected chi connectivity index (χ0v) is 12.5. The second kappa shape index (κ2) is 6.04. The number of aryl methyl sites for hydroxylation is 1. The van der Waals surface area contributed by atoms with E-state index < -0.39 is 0 Å². The molecule has 4 heteroatoms. The van der Waals surface area contributed by atoms with E-state index in [2.05, 4.69) is 5.32 Å². The highest BCUT2D eigenvalue weighted by atomic mass is 16.2. The average molecular weight is 288 g/mol. The summed E-state index contributed by atoms with van der Waals surface area (Å²) in [7, 11) is 0. The molecule has 4 nitrogen and oxygen atoms in total. The average Bonchev–Trinajstić information content (AvgIpc) is 3.19. The highest BCUT2D eigenvalue weighted by molar-refractivity contribution is 5.82. The zero-order chi connectivity index (χ0) is 14.7. The predicted octanol–water partition coefficient (Wildman–Crippen LogP) is 2.32. The van der Waals surface area contributed by atoms with Gasteiger partial charge in [0.05, 0.1) is 0 Å². The molecule has 2 fully saturated rings. The lowest BCUT2D eigenvalue weighted by molar-refractivity contribution is -0.123. The summed E-state index contributed by atoms with van der Waals surface area (Å²) in [6.07, 6.45) is 10.1. The first-order chi connectivity index (χ1) is 10.2. The third kappa shape index (κ3) is 3.20. The number of carbonyl (C=O) groups is 1. The molecule has 2 aliphatic rings. The number of amides is 1. The molecule has 21 heavy (non-hydrogen) atoms. The summed E-state index contributed by atoms with van der Waals surface area (Å²) in [5.41, 5.74) is 0.380. The molecule has 0 radical (unpaired) electrons. The molecule has 1 aromatic heterocycles. The molecule has 1 heterocycles. The van der Waals surface area contributed by atoms with Gasteiger partial charge in [0.15, 0.2) is 0 Å². The minimum atomic E-state index is 0.0205. The molecule has 0 aliphatic heterocycles. The standard InChI is InChI=1S/C17H24N2O2/c20-15-7-2-5-11-19(15)12-6-10-18-16(21)14-13-17(14)8-3-1-4-9-17/h2,5,7,11,14H,1,3-4,6,8-10,12-13H2,(H,18,21). The topological polar surface area (TPSA) is 51.1 Å². The van der Waals surface area contributed by atoms with Gasteiger partial charge in [0.2, 0.25) is 11.5 Å². The second-order valence-electron chi connectivity index (χ2n) is 6.56. The number of nitrogens with zero attached hydrogens (tertiary/aromatic N) is 1. The van der Waals surface area contributed by atoms with Crippen molar-refractivity contribution in [2.24, 2.45) is 11.3 Å². The Morgan fingerprint density at radius 1 is 1.29 bits per heavy atom. The predicted molar refractivity (Wildman–Crippen MR) is 82.0 cm³/mol. The van der Waals surface area contributed by atoms with Gasteiger partial charge in [-0.25, -0.2) is 0 Å². The van der Waals surface area contributed by atoms with Crippen molar-refractivity contribution in [2.45, 2.75) is 51.5 Å². The van der Waals surface area contributed by atoms with Crippen molar-refractivity contribution in [3.8, 4) is 0 Å². The SMILES string of the molecule is O=C(NCCCn1ccccc1=O)C1CC12CCCCC2. The van der Waals surface area contributed by atoms with E-state index in [9.17, 15) is 9.59 Å². The molecule has 3 rings (SSSR count). The number of nitrogens with one attached hydrogen (secondary N) is 1. The molecule has 2 saturated carbocycles. The Hall–Kier alpha value is -1.58. The summed E-state index contributed by atoms with van der Waals surface area (Å²) in [5, 5.41) is 3.05. The van der Waals surface area contributed by atoms with Crippen LogP contribution in [-0.2, 0) is 11.3 Å². The van der Waals surface area contributed by atoms with E-state index >= 15 is 0 Å². The summed E-state index contributed by atoms with van der Waals surface area (Å²) in [5.74, 6) is 0.495. The van der Waals surface area contributed by atoms with Gasteiger partial charge in [0.1, 0.15) is 0 Å². The molecule has 1 atom stereocenters. The van der Waals surface area contributed by atoms with Gasteiger partial charge in [-0.1, -0.05) is 25.3 Å². The van der Waals surface area contributed by atoms with Crippen LogP contribution in [0.1, 0.15) is 44.9 Å². The van der Waals surface area contributed by atoms with Crippen LogP contribution in [0.2, 0.25) is 0 Å². The van der Waals surface area contributed by atoms with Crippen molar-refractivity contribution in [2.75, 3.05) is 6.54 Å². The van der Waals surface area contributed by atoms with E-state index in [1.165, 1.54) is 32.1 Å². The maximum absolute atomic E-state index is 12.2. The highest BCUT2D eigenvalue weighted by Crippen LogP contribution is 2.61. The Kier molecular flexibility index (Phi) is 4.13. The van der Waals surface area contributed by atoms with Gasteiger partial charge in [-0.15, -0.1) is 0 Å². The molecular formula is C17H24N2O2. The quantitative estimate of drug-likeness (QED) is 0.845. The number of rotatable bonds is 5. The molecule has 1 spiro atoms. The molecule has 1 N–H and O–H groups in total. The van der Waals surface area contributed by atoms with Crippen molar-refractivity contribution in [3.05, 3.63) is 34.7 Å². The second-order valence-corrected chi connectivity index (χ2v) is 6.56. The summed E-state index contributed by atoms with van der Waals surface area (Å²) in [4.78, 5) is 23.7. The lowest BCUT2D eigenvalue weighted by Gasteiger charge is -2.22. The monoisotopic (exact) mass is 288 g/mol. The van der Waals surface area contributed by atoms with Crippen LogP contribution in [0.15, 0.2) is 29.2 Å². The van der Waals surface area contributed by atoms with Gasteiger partial charge in [0, 0.05) is 31.3 Å². The number of hydrogen-bond acceptors (Lipinski definition) is 2. The maximum Gasteiger partial charge on any atom is 0.250 e. The third-order valence-electron chi connectivity index (χ3n) is 5.13. The number of aromatic nitrogens is 1. The van der Waals surface area contributed by atoms with Crippen LogP contribution in [0, 0.1) is 11.3 Å². The molecular weight excluding hydrogens is 264 g/mol. The Morgan fingerprint density at radius 2 is 2.10 bits per heavy atom. The van der Waals surface area contributed by atoms with Gasteiger partial charge >= 0.3 is 0 Å². The van der Waals surface area contributed by atoms with Gasteiger partial charge in [-0.2, -0.15) is 0 Å². The summed E-state index contributed by atoms with van der Waals surface area (Å²) in [6, 6.07) is 5.17. The van der Waals surface area contributed by atoms with Crippen molar-refractivity contribution in [3.63, 3.8) is 0 Å². The van der Waals surface area contributed by atoms with E-state index in [1.807, 2.05) is 6.07 Å². The largest absolute Gasteiger partial charge is 0.356 e. The fraction of sp³-hybridized carbons (Fsp3) is 0.647. The van der Waals surface area contributed by atoms with Crippen LogP contribution in [0.4, 0.5) is 0 Å². The smallest absolute Gasteiger partial charge is 0.250 e. The van der Waals surface area contributed by atoms with Crippen molar-refractivity contribution < 1.29 is 4.79 Å². The molecule has 114 valence electrons. The molecule has 1 aromatic rings. The van der Waals surface area contributed by atoms with Crippen molar-refractivity contribution in [1.82, 2.24) is 9.88 Å². The fourth-order valence-electron chi connectivity index (χ4n) is 3.76. The van der Waals surface area contributed by atoms with Crippen molar-refractivity contribution >= 4 is 5.91 Å². The molecule has 0 bridgehead atoms. The molecule has 0 saturated heterocycles. The molecule has 1 amide bonds. The number of hydrogen-bond donors (Lipinski definition) is 1. The van der Waals surface area contributed by atoms with Gasteiger partial charge in [-0.05, 0) is 37.2 Å². The van der Waals surface area contributed by atoms with Gasteiger partial charge < -0.3 is 9.88 Å². The first-order valence-electron chi connectivity index (χ1n) is 8.14. The van der Waals surface area contributed by atoms with E-state index in [0.717, 1.165) is 12.8 Å². The first kappa shape index (κ1) is 14.4. The molecule has 2 aliphatic carbocycles. The highest BCUT2D eigenvalue weighted by Gasteiger charge is 2.57. The Morgan fingerprint density at radius 3 is 2.86 bits per heavy atom. The number of carbonyl (C=O) groups excluding carboxylic acids is 1. The van der Waals surface area contributed by atoms with Crippen molar-refractivity contribution in [1.29, 1.82) is 0 Å². The van der Waals surface area contributed by atoms with E-state index in [4.69, 9.17) is 0 Å². The van der Waals surface area contributed by atoms with Crippen LogP contribution >= 0.6 is 0 Å². The summed E-state index contributed by atoms with van der Waals surface area (Å²) < 4.78 is 1.69. The van der Waals surface area contributed by atoms with Crippen LogP contribution in [-0.4, -0.2) is 17.0 Å². The Bertz CT molecular complexity index is 558. The first-order valence-corrected chi connectivity index (χ1v) is 8.14. The number of pyridine rings is 1. The lowest BCUT2D eigenvalue weighted by atomic mass is 9.84. The minimum Gasteiger partial charge on any atom is -0.356 e. The molecule has 1 unspecified atom stereocenters. The van der Waals surface area contributed by atoms with Gasteiger partial charge in [-0.3, -0.25) is 9.59 Å². The van der Waals surface area contributed by atoms with Crippen LogP contribution in [0.25, 0.3) is 0 Å². The van der Waals surface area contributed by atoms with Gasteiger partial charge in [0.25, 0.3) is 0 Å².